The van der Waals surface area contributed by atoms with Crippen LogP contribution in [0.3, 0.4) is 0 Å². The molecule has 2 aromatic rings. The summed E-state index contributed by atoms with van der Waals surface area (Å²) >= 11 is 3.23. The fourth-order valence-corrected chi connectivity index (χ4v) is 2.66. The van der Waals surface area contributed by atoms with Crippen LogP contribution < -0.4 is 10.5 Å². The number of halogens is 1. The molecule has 0 atom stereocenters. The first kappa shape index (κ1) is 13.1. The molecule has 0 saturated heterocycles. The normalized spacial score (nSPS) is 11.7. The van der Waals surface area contributed by atoms with Crippen molar-refractivity contribution < 1.29 is 8.42 Å². The average molecular weight is 331 g/mol. The molecular weight excluding hydrogens is 320 g/mol. The molecule has 0 aliphatic carbocycles. The van der Waals surface area contributed by atoms with Crippen LogP contribution in [0.2, 0.25) is 0 Å². The van der Waals surface area contributed by atoms with Gasteiger partial charge in [0.05, 0.1) is 10.2 Å². The third-order valence-corrected chi connectivity index (χ3v) is 4.44. The van der Waals surface area contributed by atoms with Crippen molar-refractivity contribution in [3.63, 3.8) is 0 Å². The summed E-state index contributed by atoms with van der Waals surface area (Å²) in [5.41, 5.74) is 6.06. The zero-order valence-electron chi connectivity index (χ0n) is 9.46. The molecule has 0 aliphatic rings. The lowest BCUT2D eigenvalue weighted by molar-refractivity contribution is 0.587. The molecule has 0 bridgehead atoms. The number of rotatable bonds is 3. The highest BCUT2D eigenvalue weighted by Gasteiger charge is 2.18. The van der Waals surface area contributed by atoms with Crippen LogP contribution in [0.4, 0.5) is 5.82 Å². The second-order valence-electron chi connectivity index (χ2n) is 3.48. The quantitative estimate of drug-likeness (QED) is 0.882. The lowest BCUT2D eigenvalue weighted by Crippen LogP contribution is -2.20. The van der Waals surface area contributed by atoms with Gasteiger partial charge in [-0.1, -0.05) is 12.1 Å². The fraction of sp³-hybridized carbons (Fsp3) is 0.100. The number of para-hydroxylation sites is 1. The number of aromatic nitrogens is 2. The number of hydrogen-bond acceptors (Lipinski definition) is 4. The number of nitrogens with two attached hydrogens (primary N) is 1. The van der Waals surface area contributed by atoms with E-state index in [1.54, 1.807) is 24.4 Å². The Kier molecular flexibility index (Phi) is 3.42. The SMILES string of the molecule is CNS(=O)(=O)c1ccccc1-n1cc(Br)c(N)n1. The molecule has 0 amide bonds. The van der Waals surface area contributed by atoms with Crippen molar-refractivity contribution in [1.82, 2.24) is 14.5 Å². The predicted octanol–water partition coefficient (Wildman–Crippen LogP) is 1.13. The largest absolute Gasteiger partial charge is 0.381 e. The van der Waals surface area contributed by atoms with Crippen LogP contribution in [0.5, 0.6) is 0 Å². The van der Waals surface area contributed by atoms with Crippen LogP contribution in [0.15, 0.2) is 39.8 Å². The summed E-state index contributed by atoms with van der Waals surface area (Å²) in [7, 11) is -2.19. The van der Waals surface area contributed by atoms with Crippen molar-refractivity contribution >= 4 is 31.8 Å². The molecule has 6 nitrogen and oxygen atoms in total. The topological polar surface area (TPSA) is 90.0 Å². The van der Waals surface area contributed by atoms with E-state index in [1.807, 2.05) is 0 Å². The van der Waals surface area contributed by atoms with E-state index in [0.29, 0.717) is 16.0 Å². The molecule has 96 valence electrons. The second kappa shape index (κ2) is 4.71. The van der Waals surface area contributed by atoms with E-state index in [4.69, 9.17) is 5.73 Å². The average Bonchev–Trinajstić information content (AvgIpc) is 2.69. The Balaban J connectivity index is 2.66. The van der Waals surface area contributed by atoms with Crippen molar-refractivity contribution in [2.24, 2.45) is 0 Å². The van der Waals surface area contributed by atoms with Crippen molar-refractivity contribution in [2.75, 3.05) is 12.8 Å². The summed E-state index contributed by atoms with van der Waals surface area (Å²) in [5, 5.41) is 4.04. The van der Waals surface area contributed by atoms with Gasteiger partial charge in [-0.05, 0) is 35.1 Å². The monoisotopic (exact) mass is 330 g/mol. The molecule has 0 fully saturated rings. The van der Waals surface area contributed by atoms with Gasteiger partial charge < -0.3 is 5.73 Å². The van der Waals surface area contributed by atoms with Crippen molar-refractivity contribution in [3.8, 4) is 5.69 Å². The number of nitrogens with one attached hydrogen (secondary N) is 1. The van der Waals surface area contributed by atoms with Gasteiger partial charge in [0.1, 0.15) is 4.90 Å². The van der Waals surface area contributed by atoms with Crippen LogP contribution in [-0.2, 0) is 10.0 Å². The Morgan fingerprint density at radius 3 is 2.61 bits per heavy atom. The molecule has 0 unspecified atom stereocenters. The van der Waals surface area contributed by atoms with Crippen molar-refractivity contribution in [3.05, 3.63) is 34.9 Å². The molecule has 0 radical (unpaired) electrons. The van der Waals surface area contributed by atoms with Crippen molar-refractivity contribution in [1.29, 1.82) is 0 Å². The van der Waals surface area contributed by atoms with Gasteiger partial charge in [0.25, 0.3) is 0 Å². The number of sulfonamides is 1. The van der Waals surface area contributed by atoms with Crippen LogP contribution in [0, 0.1) is 0 Å². The standard InChI is InChI=1S/C10H11BrN4O2S/c1-13-18(16,17)9-5-3-2-4-8(9)15-6-7(11)10(12)14-15/h2-6,13H,1H3,(H2,12,14). The molecule has 0 saturated carbocycles. The smallest absolute Gasteiger partial charge is 0.242 e. The van der Waals surface area contributed by atoms with Gasteiger partial charge in [0, 0.05) is 6.20 Å². The highest BCUT2D eigenvalue weighted by Crippen LogP contribution is 2.23. The van der Waals surface area contributed by atoms with Crippen LogP contribution in [0.1, 0.15) is 0 Å². The molecule has 0 aliphatic heterocycles. The van der Waals surface area contributed by atoms with Gasteiger partial charge >= 0.3 is 0 Å². The number of hydrogen-bond donors (Lipinski definition) is 2. The van der Waals surface area contributed by atoms with E-state index >= 15 is 0 Å². The van der Waals surface area contributed by atoms with Gasteiger partial charge in [-0.25, -0.2) is 17.8 Å². The summed E-state index contributed by atoms with van der Waals surface area (Å²) in [5.74, 6) is 0.298. The Labute approximate surface area is 113 Å². The van der Waals surface area contributed by atoms with Gasteiger partial charge in [0.2, 0.25) is 10.0 Å². The minimum absolute atomic E-state index is 0.141. The molecule has 3 N–H and O–H groups in total. The zero-order valence-corrected chi connectivity index (χ0v) is 11.9. The third-order valence-electron chi connectivity index (χ3n) is 2.37. The summed E-state index contributed by atoms with van der Waals surface area (Å²) in [6, 6.07) is 6.54. The van der Waals surface area contributed by atoms with Gasteiger partial charge in [-0.2, -0.15) is 0 Å². The lowest BCUT2D eigenvalue weighted by atomic mass is 10.3. The Bertz CT molecular complexity index is 661. The first-order valence-corrected chi connectivity index (χ1v) is 7.27. The van der Waals surface area contributed by atoms with E-state index in [9.17, 15) is 8.42 Å². The third kappa shape index (κ3) is 2.26. The van der Waals surface area contributed by atoms with Crippen LogP contribution in [0.25, 0.3) is 5.69 Å². The van der Waals surface area contributed by atoms with E-state index in [2.05, 4.69) is 25.8 Å². The summed E-state index contributed by atoms with van der Waals surface area (Å²) < 4.78 is 28.1. The number of anilines is 1. The maximum atomic E-state index is 11.9. The van der Waals surface area contributed by atoms with E-state index in [1.165, 1.54) is 17.8 Å². The summed E-state index contributed by atoms with van der Waals surface area (Å²) in [6.07, 6.45) is 1.61. The fourth-order valence-electron chi connectivity index (χ4n) is 1.47. The molecule has 18 heavy (non-hydrogen) atoms. The first-order chi connectivity index (χ1) is 8.45. The first-order valence-electron chi connectivity index (χ1n) is 4.99. The molecule has 2 rings (SSSR count). The van der Waals surface area contributed by atoms with E-state index in [0.717, 1.165) is 0 Å². The summed E-state index contributed by atoms with van der Waals surface area (Å²) in [6.45, 7) is 0. The highest BCUT2D eigenvalue weighted by atomic mass is 79.9. The Hall–Kier alpha value is -1.38. The Morgan fingerprint density at radius 1 is 1.39 bits per heavy atom. The minimum atomic E-state index is -3.55. The molecule has 0 spiro atoms. The Morgan fingerprint density at radius 2 is 2.06 bits per heavy atom. The maximum absolute atomic E-state index is 11.9. The number of benzene rings is 1. The molecule has 1 aromatic carbocycles. The lowest BCUT2D eigenvalue weighted by Gasteiger charge is -2.09. The molecule has 1 aromatic heterocycles. The van der Waals surface area contributed by atoms with Gasteiger partial charge in [-0.15, -0.1) is 5.10 Å². The molecular formula is C10H11BrN4O2S. The molecule has 8 heteroatoms. The van der Waals surface area contributed by atoms with Gasteiger partial charge in [-0.3, -0.25) is 0 Å². The van der Waals surface area contributed by atoms with Crippen LogP contribution >= 0.6 is 15.9 Å². The minimum Gasteiger partial charge on any atom is -0.381 e. The predicted molar refractivity (Wildman–Crippen MR) is 71.9 cm³/mol. The summed E-state index contributed by atoms with van der Waals surface area (Å²) in [4.78, 5) is 0.141. The maximum Gasteiger partial charge on any atom is 0.242 e. The number of nitrogen functional groups attached to an aromatic ring is 1. The molecule has 1 heterocycles. The van der Waals surface area contributed by atoms with E-state index < -0.39 is 10.0 Å². The van der Waals surface area contributed by atoms with Gasteiger partial charge in [0.15, 0.2) is 5.82 Å². The zero-order chi connectivity index (χ0) is 13.3. The number of nitrogens with zero attached hydrogens (tertiary/aromatic N) is 2. The van der Waals surface area contributed by atoms with Crippen molar-refractivity contribution in [2.45, 2.75) is 4.90 Å². The van der Waals surface area contributed by atoms with Crippen LogP contribution in [-0.4, -0.2) is 25.2 Å². The highest BCUT2D eigenvalue weighted by molar-refractivity contribution is 9.10. The van der Waals surface area contributed by atoms with E-state index in [-0.39, 0.29) is 4.90 Å². The second-order valence-corrected chi connectivity index (χ2v) is 6.19.